The lowest BCUT2D eigenvalue weighted by Crippen LogP contribution is -2.46. The summed E-state index contributed by atoms with van der Waals surface area (Å²) in [6, 6.07) is 4.01. The Bertz CT molecular complexity index is 399. The number of hydrogen-bond acceptors (Lipinski definition) is 3. The van der Waals surface area contributed by atoms with Crippen LogP contribution >= 0.6 is 0 Å². The van der Waals surface area contributed by atoms with E-state index in [0.717, 1.165) is 12.8 Å². The van der Waals surface area contributed by atoms with Gasteiger partial charge in [0.15, 0.2) is 8.32 Å². The molecule has 0 aliphatic carbocycles. The van der Waals surface area contributed by atoms with Crippen LogP contribution in [0.1, 0.15) is 39.7 Å². The van der Waals surface area contributed by atoms with Crippen LogP contribution in [0, 0.1) is 0 Å². The van der Waals surface area contributed by atoms with Crippen LogP contribution in [-0.4, -0.2) is 30.6 Å². The third-order valence-corrected chi connectivity index (χ3v) is 8.73. The van der Waals surface area contributed by atoms with E-state index < -0.39 is 14.4 Å². The number of rotatable bonds is 6. The fraction of sp³-hybridized carbons (Fsp3) is 0.688. The number of aryl methyl sites for hydroxylation is 1. The van der Waals surface area contributed by atoms with E-state index in [1.165, 1.54) is 5.56 Å². The second kappa shape index (κ2) is 6.83. The molecule has 1 aromatic rings. The Morgan fingerprint density at radius 1 is 1.35 bits per heavy atom. The highest BCUT2D eigenvalue weighted by Crippen LogP contribution is 2.38. The quantitative estimate of drug-likeness (QED) is 0.812. The van der Waals surface area contributed by atoms with Crippen LogP contribution in [0.5, 0.6) is 0 Å². The van der Waals surface area contributed by atoms with E-state index in [2.05, 4.69) is 44.9 Å². The highest BCUT2D eigenvalue weighted by Gasteiger charge is 2.39. The third kappa shape index (κ3) is 5.00. The Hall–Kier alpha value is -0.713. The van der Waals surface area contributed by atoms with Crippen LogP contribution in [0.4, 0.5) is 0 Å². The van der Waals surface area contributed by atoms with Gasteiger partial charge in [-0.15, -0.1) is 0 Å². The van der Waals surface area contributed by atoms with Gasteiger partial charge in [0.25, 0.3) is 0 Å². The average molecular weight is 295 g/mol. The fourth-order valence-electron chi connectivity index (χ4n) is 1.81. The number of aliphatic hydroxyl groups excluding tert-OH is 1. The van der Waals surface area contributed by atoms with Gasteiger partial charge in [0.2, 0.25) is 0 Å². The average Bonchev–Trinajstić information content (AvgIpc) is 2.34. The minimum Gasteiger partial charge on any atom is -0.411 e. The van der Waals surface area contributed by atoms with Gasteiger partial charge < -0.3 is 9.53 Å². The number of hydrogen-bond donors (Lipinski definition) is 1. The summed E-state index contributed by atoms with van der Waals surface area (Å²) in [5.74, 6) is 0. The van der Waals surface area contributed by atoms with Crippen molar-refractivity contribution in [2.45, 2.75) is 70.9 Å². The fourth-order valence-corrected chi connectivity index (χ4v) is 3.23. The minimum atomic E-state index is -1.84. The molecule has 4 heteroatoms. The maximum Gasteiger partial charge on any atom is 0.192 e. The van der Waals surface area contributed by atoms with Crippen molar-refractivity contribution < 1.29 is 9.53 Å². The molecule has 1 rings (SSSR count). The highest BCUT2D eigenvalue weighted by molar-refractivity contribution is 6.74. The van der Waals surface area contributed by atoms with E-state index in [9.17, 15) is 5.11 Å². The van der Waals surface area contributed by atoms with Crippen molar-refractivity contribution in [3.63, 3.8) is 0 Å². The normalized spacial score (nSPS) is 15.9. The van der Waals surface area contributed by atoms with Gasteiger partial charge in [-0.1, -0.05) is 26.8 Å². The predicted molar refractivity (Wildman–Crippen MR) is 86.3 cm³/mol. The van der Waals surface area contributed by atoms with Crippen molar-refractivity contribution in [2.24, 2.45) is 0 Å². The van der Waals surface area contributed by atoms with E-state index in [1.807, 2.05) is 19.2 Å². The van der Waals surface area contributed by atoms with Gasteiger partial charge in [-0.2, -0.15) is 0 Å². The monoisotopic (exact) mass is 295 g/mol. The molecule has 0 aromatic carbocycles. The molecule has 0 radical (unpaired) electrons. The van der Waals surface area contributed by atoms with E-state index in [-0.39, 0.29) is 11.1 Å². The van der Waals surface area contributed by atoms with Crippen molar-refractivity contribution in [3.05, 3.63) is 30.1 Å². The lowest BCUT2D eigenvalue weighted by atomic mass is 10.1. The smallest absolute Gasteiger partial charge is 0.192 e. The van der Waals surface area contributed by atoms with Gasteiger partial charge in [-0.05, 0) is 49.5 Å². The summed E-state index contributed by atoms with van der Waals surface area (Å²) >= 11 is 0. The molecular formula is C16H29NO2Si. The topological polar surface area (TPSA) is 42.4 Å². The Kier molecular flexibility index (Phi) is 5.92. The Morgan fingerprint density at radius 2 is 2.00 bits per heavy atom. The van der Waals surface area contributed by atoms with Crippen molar-refractivity contribution in [1.82, 2.24) is 4.98 Å². The van der Waals surface area contributed by atoms with E-state index in [1.54, 1.807) is 6.20 Å². The van der Waals surface area contributed by atoms with Crippen LogP contribution in [0.25, 0.3) is 0 Å². The second-order valence-corrected chi connectivity index (χ2v) is 11.8. The zero-order chi connectivity index (χ0) is 15.4. The molecule has 114 valence electrons. The maximum atomic E-state index is 10.0. The lowest BCUT2D eigenvalue weighted by Gasteiger charge is -2.40. The van der Waals surface area contributed by atoms with Crippen LogP contribution in [-0.2, 0) is 10.8 Å². The van der Waals surface area contributed by atoms with Crippen LogP contribution in [0.2, 0.25) is 18.1 Å². The molecular weight excluding hydrogens is 266 g/mol. The van der Waals surface area contributed by atoms with Gasteiger partial charge >= 0.3 is 0 Å². The number of nitrogens with zero attached hydrogens (tertiary/aromatic N) is 1. The Labute approximate surface area is 124 Å². The first-order chi connectivity index (χ1) is 9.13. The van der Waals surface area contributed by atoms with Crippen LogP contribution < -0.4 is 0 Å². The maximum absolute atomic E-state index is 10.0. The first kappa shape index (κ1) is 17.3. The summed E-state index contributed by atoms with van der Waals surface area (Å²) in [7, 11) is -1.84. The van der Waals surface area contributed by atoms with Crippen molar-refractivity contribution in [3.8, 4) is 0 Å². The van der Waals surface area contributed by atoms with Gasteiger partial charge in [0, 0.05) is 12.4 Å². The minimum absolute atomic E-state index is 0.101. The van der Waals surface area contributed by atoms with Crippen molar-refractivity contribution >= 4 is 8.32 Å². The molecule has 2 atom stereocenters. The molecule has 3 nitrogen and oxygen atoms in total. The summed E-state index contributed by atoms with van der Waals surface area (Å²) in [5.41, 5.74) is 1.19. The summed E-state index contributed by atoms with van der Waals surface area (Å²) in [5, 5.41) is 10.2. The van der Waals surface area contributed by atoms with Crippen LogP contribution in [0.15, 0.2) is 24.5 Å². The molecule has 0 saturated heterocycles. The van der Waals surface area contributed by atoms with Gasteiger partial charge in [0.1, 0.15) is 0 Å². The van der Waals surface area contributed by atoms with Gasteiger partial charge in [-0.25, -0.2) is 0 Å². The van der Waals surface area contributed by atoms with Crippen LogP contribution in [0.3, 0.4) is 0 Å². The summed E-state index contributed by atoms with van der Waals surface area (Å²) < 4.78 is 6.35. The van der Waals surface area contributed by atoms with Crippen molar-refractivity contribution in [1.29, 1.82) is 0 Å². The second-order valence-electron chi connectivity index (χ2n) is 7.06. The SMILES string of the molecule is CC(O)C(CCc1cccnc1)O[Si](C)(C)C(C)(C)C. The molecule has 0 spiro atoms. The molecule has 20 heavy (non-hydrogen) atoms. The molecule has 1 heterocycles. The first-order valence-electron chi connectivity index (χ1n) is 7.38. The van der Waals surface area contributed by atoms with E-state index in [0.29, 0.717) is 0 Å². The first-order valence-corrected chi connectivity index (χ1v) is 10.3. The molecule has 1 N–H and O–H groups in total. The zero-order valence-corrected chi connectivity index (χ0v) is 14.7. The van der Waals surface area contributed by atoms with Gasteiger partial charge in [0.05, 0.1) is 12.2 Å². The largest absolute Gasteiger partial charge is 0.411 e. The molecule has 0 saturated carbocycles. The molecule has 2 unspecified atom stereocenters. The molecule has 0 fully saturated rings. The van der Waals surface area contributed by atoms with E-state index >= 15 is 0 Å². The van der Waals surface area contributed by atoms with E-state index in [4.69, 9.17) is 4.43 Å². The third-order valence-electron chi connectivity index (χ3n) is 4.23. The van der Waals surface area contributed by atoms with Gasteiger partial charge in [-0.3, -0.25) is 4.98 Å². The Morgan fingerprint density at radius 3 is 2.45 bits per heavy atom. The lowest BCUT2D eigenvalue weighted by molar-refractivity contribution is 0.0344. The molecule has 0 aliphatic heterocycles. The summed E-state index contributed by atoms with van der Waals surface area (Å²) in [6.45, 7) is 12.9. The Balaban J connectivity index is 2.66. The summed E-state index contributed by atoms with van der Waals surface area (Å²) in [4.78, 5) is 4.13. The highest BCUT2D eigenvalue weighted by atomic mass is 28.4. The number of aromatic nitrogens is 1. The number of aliphatic hydroxyl groups is 1. The summed E-state index contributed by atoms with van der Waals surface area (Å²) in [6.07, 6.45) is 4.83. The predicted octanol–water partition coefficient (Wildman–Crippen LogP) is 3.79. The standard InChI is InChI=1S/C16H29NO2Si/c1-13(18)15(19-20(5,6)16(2,3)4)10-9-14-8-7-11-17-12-14/h7-8,11-13,15,18H,9-10H2,1-6H3. The number of pyridine rings is 1. The van der Waals surface area contributed by atoms with Crippen molar-refractivity contribution in [2.75, 3.05) is 0 Å². The zero-order valence-electron chi connectivity index (χ0n) is 13.7. The molecule has 0 aliphatic rings. The molecule has 1 aromatic heterocycles. The molecule has 0 amide bonds. The molecule has 0 bridgehead atoms.